The van der Waals surface area contributed by atoms with Crippen LogP contribution in [-0.2, 0) is 12.6 Å². The highest BCUT2D eigenvalue weighted by atomic mass is 127. The van der Waals surface area contributed by atoms with Gasteiger partial charge in [0.15, 0.2) is 11.7 Å². The van der Waals surface area contributed by atoms with Gasteiger partial charge in [-0.3, -0.25) is 4.99 Å². The minimum absolute atomic E-state index is 0. The van der Waals surface area contributed by atoms with Crippen molar-refractivity contribution in [2.75, 3.05) is 39.8 Å². The molecule has 0 fully saturated rings. The summed E-state index contributed by atoms with van der Waals surface area (Å²) in [5, 5.41) is 7.78. The number of rotatable bonds is 8. The van der Waals surface area contributed by atoms with Gasteiger partial charge in [-0.15, -0.1) is 35.3 Å². The number of thiazole rings is 1. The Balaban J connectivity index is 0.00000529. The highest BCUT2D eigenvalue weighted by molar-refractivity contribution is 14.0. The smallest absolute Gasteiger partial charge is 0.356 e. The number of nitrogens with zero attached hydrogens (tertiary/aromatic N) is 3. The molecule has 1 aromatic rings. The van der Waals surface area contributed by atoms with Gasteiger partial charge in [0, 0.05) is 38.5 Å². The van der Waals surface area contributed by atoms with Gasteiger partial charge in [0.25, 0.3) is 0 Å². The van der Waals surface area contributed by atoms with Gasteiger partial charge < -0.3 is 15.5 Å². The van der Waals surface area contributed by atoms with E-state index in [1.165, 1.54) is 0 Å². The molecule has 0 bridgehead atoms. The zero-order valence-corrected chi connectivity index (χ0v) is 17.3. The molecule has 0 unspecified atom stereocenters. The molecule has 1 heterocycles. The molecule has 0 aliphatic carbocycles. The number of alkyl halides is 3. The fraction of sp³-hybridized carbons (Fsp3) is 0.714. The average molecular weight is 479 g/mol. The van der Waals surface area contributed by atoms with Crippen LogP contribution in [-0.4, -0.2) is 55.6 Å². The quantitative estimate of drug-likeness (QED) is 0.342. The van der Waals surface area contributed by atoms with Crippen LogP contribution in [0, 0.1) is 0 Å². The first-order chi connectivity index (χ1) is 10.9. The second kappa shape index (κ2) is 11.9. The predicted molar refractivity (Wildman–Crippen MR) is 103 cm³/mol. The Labute approximate surface area is 162 Å². The maximum Gasteiger partial charge on any atom is 0.434 e. The van der Waals surface area contributed by atoms with E-state index in [0.29, 0.717) is 23.9 Å². The maximum atomic E-state index is 12.5. The Kier molecular flexibility index (Phi) is 11.5. The van der Waals surface area contributed by atoms with Crippen LogP contribution >= 0.6 is 35.3 Å². The maximum absolute atomic E-state index is 12.5. The van der Waals surface area contributed by atoms with Gasteiger partial charge in [-0.25, -0.2) is 4.98 Å². The summed E-state index contributed by atoms with van der Waals surface area (Å²) in [5.74, 6) is 0.643. The summed E-state index contributed by atoms with van der Waals surface area (Å²) in [6.45, 7) is 8.37. The molecule has 140 valence electrons. The molecule has 10 heteroatoms. The molecule has 1 aromatic heterocycles. The molecule has 1 rings (SSSR count). The van der Waals surface area contributed by atoms with Gasteiger partial charge in [0.2, 0.25) is 0 Å². The molecular formula is C14H25F3IN5S. The van der Waals surface area contributed by atoms with E-state index < -0.39 is 11.9 Å². The summed E-state index contributed by atoms with van der Waals surface area (Å²) in [7, 11) is 1.66. The van der Waals surface area contributed by atoms with Gasteiger partial charge in [0.1, 0.15) is 0 Å². The molecule has 0 spiro atoms. The van der Waals surface area contributed by atoms with Crippen molar-refractivity contribution in [2.45, 2.75) is 26.4 Å². The molecule has 0 saturated heterocycles. The SMILES string of the molecule is CCN(CC)CCNC(=NC)NCCc1nc(C(F)(F)F)cs1.I. The first-order valence-electron chi connectivity index (χ1n) is 7.59. The zero-order valence-electron chi connectivity index (χ0n) is 14.1. The highest BCUT2D eigenvalue weighted by Gasteiger charge is 2.33. The third-order valence-corrected chi connectivity index (χ3v) is 4.22. The topological polar surface area (TPSA) is 52.5 Å². The van der Waals surface area contributed by atoms with E-state index in [-0.39, 0.29) is 24.0 Å². The lowest BCUT2D eigenvalue weighted by Gasteiger charge is -2.19. The van der Waals surface area contributed by atoms with Gasteiger partial charge in [-0.05, 0) is 13.1 Å². The second-order valence-corrected chi connectivity index (χ2v) is 5.77. The van der Waals surface area contributed by atoms with E-state index >= 15 is 0 Å². The van der Waals surface area contributed by atoms with E-state index in [0.717, 1.165) is 42.9 Å². The van der Waals surface area contributed by atoms with Crippen LogP contribution in [0.4, 0.5) is 13.2 Å². The van der Waals surface area contributed by atoms with Crippen molar-refractivity contribution in [2.24, 2.45) is 4.99 Å². The molecule has 0 amide bonds. The van der Waals surface area contributed by atoms with Crippen molar-refractivity contribution < 1.29 is 13.2 Å². The molecule has 0 radical (unpaired) electrons. The van der Waals surface area contributed by atoms with Crippen LogP contribution in [0.15, 0.2) is 10.4 Å². The number of hydrogen-bond acceptors (Lipinski definition) is 4. The Morgan fingerprint density at radius 3 is 2.38 bits per heavy atom. The van der Waals surface area contributed by atoms with Crippen molar-refractivity contribution in [3.8, 4) is 0 Å². The summed E-state index contributed by atoms with van der Waals surface area (Å²) in [4.78, 5) is 9.98. The molecule has 0 atom stereocenters. The van der Waals surface area contributed by atoms with E-state index in [9.17, 15) is 13.2 Å². The minimum Gasteiger partial charge on any atom is -0.356 e. The van der Waals surface area contributed by atoms with Gasteiger partial charge >= 0.3 is 6.18 Å². The molecule has 0 aliphatic rings. The molecule has 2 N–H and O–H groups in total. The summed E-state index contributed by atoms with van der Waals surface area (Å²) in [6.07, 6.45) is -3.94. The second-order valence-electron chi connectivity index (χ2n) is 4.83. The third kappa shape index (κ3) is 8.47. The number of nitrogens with one attached hydrogen (secondary N) is 2. The Hall–Kier alpha value is -0.620. The Bertz CT molecular complexity index is 489. The lowest BCUT2D eigenvalue weighted by atomic mass is 10.4. The van der Waals surface area contributed by atoms with Crippen molar-refractivity contribution >= 4 is 41.3 Å². The fourth-order valence-electron chi connectivity index (χ4n) is 1.94. The predicted octanol–water partition coefficient (Wildman–Crippen LogP) is 2.83. The molecular weight excluding hydrogens is 454 g/mol. The minimum atomic E-state index is -4.37. The van der Waals surface area contributed by atoms with E-state index in [2.05, 4.69) is 39.4 Å². The zero-order chi connectivity index (χ0) is 17.3. The van der Waals surface area contributed by atoms with Crippen LogP contribution in [0.5, 0.6) is 0 Å². The first kappa shape index (κ1) is 23.4. The van der Waals surface area contributed by atoms with Crippen molar-refractivity contribution in [3.63, 3.8) is 0 Å². The van der Waals surface area contributed by atoms with Gasteiger partial charge in [0.05, 0.1) is 5.01 Å². The summed E-state index contributed by atoms with van der Waals surface area (Å²) in [5.41, 5.74) is -0.820. The van der Waals surface area contributed by atoms with Crippen LogP contribution in [0.1, 0.15) is 24.5 Å². The lowest BCUT2D eigenvalue weighted by molar-refractivity contribution is -0.140. The monoisotopic (exact) mass is 479 g/mol. The number of halogens is 4. The lowest BCUT2D eigenvalue weighted by Crippen LogP contribution is -2.42. The average Bonchev–Trinajstić information content (AvgIpc) is 2.99. The number of aromatic nitrogens is 1. The van der Waals surface area contributed by atoms with Crippen molar-refractivity contribution in [1.82, 2.24) is 20.5 Å². The summed E-state index contributed by atoms with van der Waals surface area (Å²) < 4.78 is 37.4. The van der Waals surface area contributed by atoms with Gasteiger partial charge in [-0.1, -0.05) is 13.8 Å². The van der Waals surface area contributed by atoms with Crippen molar-refractivity contribution in [1.29, 1.82) is 0 Å². The molecule has 24 heavy (non-hydrogen) atoms. The third-order valence-electron chi connectivity index (χ3n) is 3.31. The van der Waals surface area contributed by atoms with Crippen molar-refractivity contribution in [3.05, 3.63) is 16.1 Å². The largest absolute Gasteiger partial charge is 0.434 e. The summed E-state index contributed by atoms with van der Waals surface area (Å²) in [6, 6.07) is 0. The Morgan fingerprint density at radius 2 is 1.88 bits per heavy atom. The molecule has 0 aromatic carbocycles. The standard InChI is InChI=1S/C14H24F3N5S.HI/c1-4-22(5-2)9-8-20-13(18-3)19-7-6-12-21-11(10-23-12)14(15,16)17;/h10H,4-9H2,1-3H3,(H2,18,19,20);1H. The fourth-order valence-corrected chi connectivity index (χ4v) is 2.74. The molecule has 0 saturated carbocycles. The first-order valence-corrected chi connectivity index (χ1v) is 8.47. The normalized spacial score (nSPS) is 12.2. The number of guanidine groups is 1. The number of likely N-dealkylation sites (N-methyl/N-ethyl adjacent to an activating group) is 1. The van der Waals surface area contributed by atoms with Crippen LogP contribution < -0.4 is 10.6 Å². The van der Waals surface area contributed by atoms with Crippen LogP contribution in [0.3, 0.4) is 0 Å². The van der Waals surface area contributed by atoms with Gasteiger partial charge in [-0.2, -0.15) is 13.2 Å². The number of hydrogen-bond donors (Lipinski definition) is 2. The molecule has 5 nitrogen and oxygen atoms in total. The van der Waals surface area contributed by atoms with E-state index in [4.69, 9.17) is 0 Å². The van der Waals surface area contributed by atoms with Crippen LogP contribution in [0.25, 0.3) is 0 Å². The highest BCUT2D eigenvalue weighted by Crippen LogP contribution is 2.29. The number of aliphatic imine (C=N–C) groups is 1. The van der Waals surface area contributed by atoms with E-state index in [1.807, 2.05) is 0 Å². The van der Waals surface area contributed by atoms with Crippen LogP contribution in [0.2, 0.25) is 0 Å². The Morgan fingerprint density at radius 1 is 1.25 bits per heavy atom. The van der Waals surface area contributed by atoms with E-state index in [1.54, 1.807) is 7.05 Å². The molecule has 0 aliphatic heterocycles. The summed E-state index contributed by atoms with van der Waals surface area (Å²) >= 11 is 1.03.